The van der Waals surface area contributed by atoms with Crippen molar-refractivity contribution in [2.45, 2.75) is 78.9 Å². The first-order valence-corrected chi connectivity index (χ1v) is 12.2. The zero-order valence-corrected chi connectivity index (χ0v) is 20.2. The number of thiophene rings is 1. The highest BCUT2D eigenvalue weighted by atomic mass is 32.1. The summed E-state index contributed by atoms with van der Waals surface area (Å²) < 4.78 is 0. The summed E-state index contributed by atoms with van der Waals surface area (Å²) >= 11 is 1.73. The van der Waals surface area contributed by atoms with Crippen molar-refractivity contribution in [2.24, 2.45) is 5.41 Å². The van der Waals surface area contributed by atoms with E-state index in [2.05, 4.69) is 31.2 Å². The van der Waals surface area contributed by atoms with E-state index >= 15 is 0 Å². The predicted octanol–water partition coefficient (Wildman–Crippen LogP) is 5.79. The van der Waals surface area contributed by atoms with Crippen molar-refractivity contribution in [3.8, 4) is 0 Å². The van der Waals surface area contributed by atoms with Gasteiger partial charge in [-0.1, -0.05) is 70.4 Å². The van der Waals surface area contributed by atoms with Crippen LogP contribution in [0.4, 0.5) is 0 Å². The van der Waals surface area contributed by atoms with Gasteiger partial charge in [-0.15, -0.1) is 11.3 Å². The van der Waals surface area contributed by atoms with Crippen LogP contribution in [0.15, 0.2) is 42.5 Å². The van der Waals surface area contributed by atoms with Crippen molar-refractivity contribution in [3.63, 3.8) is 0 Å². The van der Waals surface area contributed by atoms with Crippen LogP contribution in [0.3, 0.4) is 0 Å². The highest BCUT2D eigenvalue weighted by Crippen LogP contribution is 2.28. The highest BCUT2D eigenvalue weighted by molar-refractivity contribution is 7.11. The van der Waals surface area contributed by atoms with E-state index in [-0.39, 0.29) is 24.4 Å². The van der Waals surface area contributed by atoms with Gasteiger partial charge in [0.25, 0.3) is 0 Å². The van der Waals surface area contributed by atoms with E-state index in [1.165, 1.54) is 16.2 Å². The van der Waals surface area contributed by atoms with Crippen LogP contribution in [0.5, 0.6) is 0 Å². The molecular weight excluding hydrogens is 404 g/mol. The van der Waals surface area contributed by atoms with Crippen LogP contribution in [-0.4, -0.2) is 34.2 Å². The lowest BCUT2D eigenvalue weighted by Crippen LogP contribution is -2.51. The van der Waals surface area contributed by atoms with Crippen LogP contribution in [0.25, 0.3) is 0 Å². The SMILES string of the molecule is Cc1ccc(CN(Cc2ccccc2)C(=O)CN(C(=O)C(C)(C)C)C2CCCCC2)s1. The molecule has 0 aliphatic heterocycles. The number of hydrogen-bond donors (Lipinski definition) is 0. The van der Waals surface area contributed by atoms with Gasteiger partial charge in [0.05, 0.1) is 6.54 Å². The van der Waals surface area contributed by atoms with E-state index in [4.69, 9.17) is 0 Å². The quantitative estimate of drug-likeness (QED) is 0.546. The van der Waals surface area contributed by atoms with Crippen molar-refractivity contribution in [1.29, 1.82) is 0 Å². The third-order valence-electron chi connectivity index (χ3n) is 5.94. The zero-order chi connectivity index (χ0) is 22.4. The Morgan fingerprint density at radius 2 is 1.65 bits per heavy atom. The summed E-state index contributed by atoms with van der Waals surface area (Å²) in [6.45, 7) is 9.24. The van der Waals surface area contributed by atoms with Crippen molar-refractivity contribution in [2.75, 3.05) is 6.54 Å². The number of carbonyl (C=O) groups is 2. The molecule has 0 saturated heterocycles. The lowest BCUT2D eigenvalue weighted by atomic mass is 9.89. The molecule has 0 atom stereocenters. The Bertz CT molecular complexity index is 863. The van der Waals surface area contributed by atoms with E-state index in [1.807, 2.05) is 48.8 Å². The van der Waals surface area contributed by atoms with E-state index in [9.17, 15) is 9.59 Å². The standard InChI is InChI=1S/C26H36N2O2S/c1-20-15-16-23(31-20)18-27(17-21-11-7-5-8-12-21)24(29)19-28(25(30)26(2,3)4)22-13-9-6-10-14-22/h5,7-8,11-12,15-16,22H,6,9-10,13-14,17-19H2,1-4H3. The van der Waals surface area contributed by atoms with E-state index in [1.54, 1.807) is 11.3 Å². The molecule has 1 aromatic heterocycles. The molecule has 1 saturated carbocycles. The van der Waals surface area contributed by atoms with Gasteiger partial charge in [-0.25, -0.2) is 0 Å². The molecule has 1 aliphatic rings. The first kappa shape index (κ1) is 23.5. The zero-order valence-electron chi connectivity index (χ0n) is 19.4. The summed E-state index contributed by atoms with van der Waals surface area (Å²) in [6.07, 6.45) is 5.49. The smallest absolute Gasteiger partial charge is 0.242 e. The Hall–Kier alpha value is -2.14. The molecule has 4 nitrogen and oxygen atoms in total. The number of carbonyl (C=O) groups excluding carboxylic acids is 2. The van der Waals surface area contributed by atoms with E-state index in [0.29, 0.717) is 13.1 Å². The van der Waals surface area contributed by atoms with Gasteiger partial charge in [0.15, 0.2) is 0 Å². The minimum Gasteiger partial charge on any atom is -0.332 e. The Kier molecular flexibility index (Phi) is 7.93. The lowest BCUT2D eigenvalue weighted by molar-refractivity contribution is -0.149. The maximum atomic E-state index is 13.6. The first-order valence-electron chi connectivity index (χ1n) is 11.4. The third-order valence-corrected chi connectivity index (χ3v) is 6.92. The molecule has 1 aliphatic carbocycles. The molecular formula is C26H36N2O2S. The fraction of sp³-hybridized carbons (Fsp3) is 0.538. The molecule has 0 radical (unpaired) electrons. The Morgan fingerprint density at radius 3 is 2.23 bits per heavy atom. The first-order chi connectivity index (χ1) is 14.7. The maximum absolute atomic E-state index is 13.6. The summed E-state index contributed by atoms with van der Waals surface area (Å²) in [5.74, 6) is 0.109. The normalized spacial score (nSPS) is 15.0. The minimum absolute atomic E-state index is 0.0260. The lowest BCUT2D eigenvalue weighted by Gasteiger charge is -2.38. The Labute approximate surface area is 191 Å². The largest absolute Gasteiger partial charge is 0.332 e. The Morgan fingerprint density at radius 1 is 0.968 bits per heavy atom. The van der Waals surface area contributed by atoms with Gasteiger partial charge in [0, 0.05) is 27.8 Å². The summed E-state index contributed by atoms with van der Waals surface area (Å²) in [5, 5.41) is 0. The summed E-state index contributed by atoms with van der Waals surface area (Å²) in [4.78, 5) is 33.1. The highest BCUT2D eigenvalue weighted by Gasteiger charge is 2.34. The molecule has 31 heavy (non-hydrogen) atoms. The second-order valence-electron chi connectivity index (χ2n) is 9.72. The molecule has 3 rings (SSSR count). The fourth-order valence-corrected chi connectivity index (χ4v) is 5.14. The van der Waals surface area contributed by atoms with E-state index in [0.717, 1.165) is 31.2 Å². The number of rotatable bonds is 7. The van der Waals surface area contributed by atoms with Crippen molar-refractivity contribution in [3.05, 3.63) is 57.8 Å². The molecule has 0 bridgehead atoms. The average molecular weight is 441 g/mol. The number of hydrogen-bond acceptors (Lipinski definition) is 3. The average Bonchev–Trinajstić information content (AvgIpc) is 3.16. The second kappa shape index (κ2) is 10.4. The number of aryl methyl sites for hydroxylation is 1. The van der Waals surface area contributed by atoms with E-state index < -0.39 is 5.41 Å². The van der Waals surface area contributed by atoms with Crippen molar-refractivity contribution >= 4 is 23.2 Å². The van der Waals surface area contributed by atoms with Crippen LogP contribution >= 0.6 is 11.3 Å². The topological polar surface area (TPSA) is 40.6 Å². The third kappa shape index (κ3) is 6.67. The van der Waals surface area contributed by atoms with Gasteiger partial charge >= 0.3 is 0 Å². The van der Waals surface area contributed by atoms with Gasteiger partial charge in [-0.3, -0.25) is 9.59 Å². The molecule has 1 heterocycles. The van der Waals surface area contributed by atoms with Gasteiger partial charge in [0.1, 0.15) is 6.54 Å². The minimum atomic E-state index is -0.493. The van der Waals surface area contributed by atoms with Gasteiger partial charge in [-0.2, -0.15) is 0 Å². The summed E-state index contributed by atoms with van der Waals surface area (Å²) in [7, 11) is 0. The van der Waals surface area contributed by atoms with Gasteiger partial charge in [-0.05, 0) is 37.5 Å². The van der Waals surface area contributed by atoms with Gasteiger partial charge < -0.3 is 9.80 Å². The summed E-state index contributed by atoms with van der Waals surface area (Å²) in [5.41, 5.74) is 0.614. The molecule has 2 amide bonds. The molecule has 2 aromatic rings. The molecule has 5 heteroatoms. The molecule has 1 aromatic carbocycles. The van der Waals surface area contributed by atoms with Gasteiger partial charge in [0.2, 0.25) is 11.8 Å². The Balaban J connectivity index is 1.81. The number of amides is 2. The van der Waals surface area contributed by atoms with Crippen molar-refractivity contribution in [1.82, 2.24) is 9.80 Å². The fourth-order valence-electron chi connectivity index (χ4n) is 4.23. The van der Waals surface area contributed by atoms with Crippen LogP contribution in [-0.2, 0) is 22.7 Å². The van der Waals surface area contributed by atoms with Crippen LogP contribution < -0.4 is 0 Å². The van der Waals surface area contributed by atoms with Crippen LogP contribution in [0.1, 0.15) is 68.2 Å². The molecule has 0 N–H and O–H groups in total. The molecule has 168 valence electrons. The van der Waals surface area contributed by atoms with Crippen LogP contribution in [0.2, 0.25) is 0 Å². The molecule has 0 unspecified atom stereocenters. The van der Waals surface area contributed by atoms with Crippen molar-refractivity contribution < 1.29 is 9.59 Å². The summed E-state index contributed by atoms with van der Waals surface area (Å²) in [6, 6.07) is 14.5. The molecule has 1 fully saturated rings. The predicted molar refractivity (Wildman–Crippen MR) is 128 cm³/mol. The monoisotopic (exact) mass is 440 g/mol. The number of nitrogens with zero attached hydrogens (tertiary/aromatic N) is 2. The second-order valence-corrected chi connectivity index (χ2v) is 11.1. The number of benzene rings is 1. The molecule has 0 spiro atoms. The van der Waals surface area contributed by atoms with Crippen LogP contribution in [0, 0.1) is 12.3 Å². The maximum Gasteiger partial charge on any atom is 0.242 e.